The summed E-state index contributed by atoms with van der Waals surface area (Å²) in [4.78, 5) is 2.38. The van der Waals surface area contributed by atoms with Crippen molar-refractivity contribution in [2.24, 2.45) is 5.92 Å². The minimum Gasteiger partial charge on any atom is -0.299 e. The Morgan fingerprint density at radius 3 is 2.27 bits per heavy atom. The van der Waals surface area contributed by atoms with Crippen molar-refractivity contribution in [2.45, 2.75) is 45.7 Å². The van der Waals surface area contributed by atoms with Crippen LogP contribution in [0.5, 0.6) is 0 Å². The number of halogens is 4. The van der Waals surface area contributed by atoms with Crippen molar-refractivity contribution in [3.63, 3.8) is 0 Å². The SMILES string of the molecule is CC(C)Cc1ccc([C@@H](C)CN2CC=C(c3cccc(C(F)(F)F)c3)CC2)cc1.Cl. The van der Waals surface area contributed by atoms with E-state index in [0.29, 0.717) is 17.4 Å². The van der Waals surface area contributed by atoms with Crippen molar-refractivity contribution in [1.82, 2.24) is 4.90 Å². The molecule has 2 aromatic carbocycles. The summed E-state index contributed by atoms with van der Waals surface area (Å²) in [6.07, 6.45) is -0.333. The molecule has 1 aliphatic heterocycles. The van der Waals surface area contributed by atoms with Gasteiger partial charge in [-0.3, -0.25) is 4.90 Å². The van der Waals surface area contributed by atoms with Crippen LogP contribution in [0.1, 0.15) is 55.4 Å². The Morgan fingerprint density at radius 2 is 1.70 bits per heavy atom. The molecule has 0 radical (unpaired) electrons. The first-order valence-electron chi connectivity index (χ1n) is 10.4. The second kappa shape index (κ2) is 10.5. The quantitative estimate of drug-likeness (QED) is 0.461. The molecule has 30 heavy (non-hydrogen) atoms. The van der Waals surface area contributed by atoms with E-state index in [0.717, 1.165) is 44.1 Å². The van der Waals surface area contributed by atoms with Gasteiger partial charge >= 0.3 is 6.18 Å². The molecule has 0 bridgehead atoms. The second-order valence-corrected chi connectivity index (χ2v) is 8.56. The lowest BCUT2D eigenvalue weighted by Gasteiger charge is -2.29. The normalized spacial score (nSPS) is 16.2. The van der Waals surface area contributed by atoms with Crippen LogP contribution in [0.25, 0.3) is 5.57 Å². The molecule has 0 amide bonds. The number of benzene rings is 2. The molecule has 0 spiro atoms. The van der Waals surface area contributed by atoms with Crippen LogP contribution in [-0.2, 0) is 12.6 Å². The van der Waals surface area contributed by atoms with Gasteiger partial charge in [0.05, 0.1) is 5.56 Å². The Hall–Kier alpha value is -1.78. The maximum atomic E-state index is 13.0. The average molecular weight is 438 g/mol. The zero-order chi connectivity index (χ0) is 21.0. The molecule has 0 saturated heterocycles. The summed E-state index contributed by atoms with van der Waals surface area (Å²) in [5.74, 6) is 1.08. The molecular weight excluding hydrogens is 407 g/mol. The summed E-state index contributed by atoms with van der Waals surface area (Å²) in [6.45, 7) is 9.31. The lowest BCUT2D eigenvalue weighted by Crippen LogP contribution is -2.32. The van der Waals surface area contributed by atoms with Gasteiger partial charge in [-0.2, -0.15) is 13.2 Å². The van der Waals surface area contributed by atoms with Crippen LogP contribution >= 0.6 is 12.4 Å². The van der Waals surface area contributed by atoms with E-state index < -0.39 is 11.7 Å². The number of nitrogens with zero attached hydrogens (tertiary/aromatic N) is 1. The molecule has 1 nitrogen and oxygen atoms in total. The molecule has 1 aliphatic rings. The molecule has 0 aromatic heterocycles. The fourth-order valence-electron chi connectivity index (χ4n) is 3.98. The second-order valence-electron chi connectivity index (χ2n) is 8.56. The van der Waals surface area contributed by atoms with Crippen LogP contribution in [-0.4, -0.2) is 24.5 Å². The van der Waals surface area contributed by atoms with Crippen molar-refractivity contribution in [2.75, 3.05) is 19.6 Å². The standard InChI is InChI=1S/C25H30F3N.ClH/c1-18(2)15-20-7-9-21(10-8-20)19(3)17-29-13-11-22(12-14-29)23-5-4-6-24(16-23)25(26,27)28;/h4-11,16,18-19H,12-15,17H2,1-3H3;1H/t19-;/m0./s1. The van der Waals surface area contributed by atoms with Gasteiger partial charge in [-0.25, -0.2) is 0 Å². The van der Waals surface area contributed by atoms with Crippen molar-refractivity contribution in [3.8, 4) is 0 Å². The third kappa shape index (κ3) is 6.61. The van der Waals surface area contributed by atoms with Gasteiger partial charge in [0.15, 0.2) is 0 Å². The van der Waals surface area contributed by atoms with Crippen LogP contribution in [0.3, 0.4) is 0 Å². The number of hydrogen-bond acceptors (Lipinski definition) is 1. The largest absolute Gasteiger partial charge is 0.416 e. The highest BCUT2D eigenvalue weighted by molar-refractivity contribution is 5.85. The number of hydrogen-bond donors (Lipinski definition) is 0. The van der Waals surface area contributed by atoms with E-state index in [4.69, 9.17) is 0 Å². The summed E-state index contributed by atoms with van der Waals surface area (Å²) in [7, 11) is 0. The Kier molecular flexibility index (Phi) is 8.57. The Bertz CT molecular complexity index is 840. The van der Waals surface area contributed by atoms with Crippen LogP contribution in [0.4, 0.5) is 13.2 Å². The Morgan fingerprint density at radius 1 is 1.00 bits per heavy atom. The van der Waals surface area contributed by atoms with Crippen molar-refractivity contribution in [1.29, 1.82) is 0 Å². The van der Waals surface area contributed by atoms with E-state index in [-0.39, 0.29) is 12.4 Å². The first kappa shape index (κ1) is 24.5. The van der Waals surface area contributed by atoms with Gasteiger partial charge in [0.25, 0.3) is 0 Å². The van der Waals surface area contributed by atoms with Gasteiger partial charge in [-0.1, -0.05) is 63.2 Å². The molecule has 0 unspecified atom stereocenters. The Labute approximate surface area is 184 Å². The smallest absolute Gasteiger partial charge is 0.299 e. The topological polar surface area (TPSA) is 3.24 Å². The molecule has 0 fully saturated rings. The van der Waals surface area contributed by atoms with Gasteiger partial charge < -0.3 is 0 Å². The van der Waals surface area contributed by atoms with Gasteiger partial charge in [-0.15, -0.1) is 12.4 Å². The van der Waals surface area contributed by atoms with Crippen LogP contribution < -0.4 is 0 Å². The highest BCUT2D eigenvalue weighted by atomic mass is 35.5. The van der Waals surface area contributed by atoms with E-state index in [1.165, 1.54) is 23.3 Å². The fraction of sp³-hybridized carbons (Fsp3) is 0.440. The van der Waals surface area contributed by atoms with E-state index in [1.54, 1.807) is 6.07 Å². The van der Waals surface area contributed by atoms with Crippen LogP contribution in [0, 0.1) is 5.92 Å². The summed E-state index contributed by atoms with van der Waals surface area (Å²) >= 11 is 0. The molecular formula is C25H31ClF3N. The highest BCUT2D eigenvalue weighted by Gasteiger charge is 2.30. The van der Waals surface area contributed by atoms with Crippen molar-refractivity contribution < 1.29 is 13.2 Å². The van der Waals surface area contributed by atoms with E-state index >= 15 is 0 Å². The van der Waals surface area contributed by atoms with Crippen molar-refractivity contribution >= 4 is 18.0 Å². The summed E-state index contributed by atoms with van der Waals surface area (Å²) in [6, 6.07) is 14.6. The number of alkyl halides is 3. The first-order chi connectivity index (χ1) is 13.7. The third-order valence-electron chi connectivity index (χ3n) is 5.58. The molecule has 0 N–H and O–H groups in total. The van der Waals surface area contributed by atoms with Gasteiger partial charge in [0.1, 0.15) is 0 Å². The zero-order valence-electron chi connectivity index (χ0n) is 17.9. The van der Waals surface area contributed by atoms with Crippen molar-refractivity contribution in [3.05, 3.63) is 76.9 Å². The lowest BCUT2D eigenvalue weighted by molar-refractivity contribution is -0.137. The average Bonchev–Trinajstić information content (AvgIpc) is 2.68. The first-order valence-corrected chi connectivity index (χ1v) is 10.4. The maximum Gasteiger partial charge on any atom is 0.416 e. The predicted molar refractivity (Wildman–Crippen MR) is 121 cm³/mol. The van der Waals surface area contributed by atoms with Crippen LogP contribution in [0.2, 0.25) is 0 Å². The van der Waals surface area contributed by atoms with E-state index in [9.17, 15) is 13.2 Å². The monoisotopic (exact) mass is 437 g/mol. The summed E-state index contributed by atoms with van der Waals surface area (Å²) in [5.41, 5.74) is 3.84. The molecule has 0 aliphatic carbocycles. The van der Waals surface area contributed by atoms with E-state index in [1.807, 2.05) is 0 Å². The molecule has 1 atom stereocenters. The minimum absolute atomic E-state index is 0. The highest BCUT2D eigenvalue weighted by Crippen LogP contribution is 2.32. The van der Waals surface area contributed by atoms with Gasteiger partial charge in [0.2, 0.25) is 0 Å². The third-order valence-corrected chi connectivity index (χ3v) is 5.58. The molecule has 2 aromatic rings. The van der Waals surface area contributed by atoms with Gasteiger partial charge in [0, 0.05) is 19.6 Å². The Balaban J connectivity index is 0.00000320. The predicted octanol–water partition coefficient (Wildman–Crippen LogP) is 7.22. The summed E-state index contributed by atoms with van der Waals surface area (Å²) in [5, 5.41) is 0. The van der Waals surface area contributed by atoms with Gasteiger partial charge in [-0.05, 0) is 59.1 Å². The summed E-state index contributed by atoms with van der Waals surface area (Å²) < 4.78 is 38.9. The molecule has 164 valence electrons. The molecule has 1 heterocycles. The molecule has 0 saturated carbocycles. The zero-order valence-corrected chi connectivity index (χ0v) is 18.7. The number of rotatable bonds is 6. The van der Waals surface area contributed by atoms with E-state index in [2.05, 4.69) is 56.0 Å². The molecule has 5 heteroatoms. The van der Waals surface area contributed by atoms with Crippen LogP contribution in [0.15, 0.2) is 54.6 Å². The fourth-order valence-corrected chi connectivity index (χ4v) is 3.98. The maximum absolute atomic E-state index is 13.0. The lowest BCUT2D eigenvalue weighted by atomic mass is 9.94. The minimum atomic E-state index is -4.29. The molecule has 3 rings (SSSR count).